The number of aromatic nitrogens is 3. The molecule has 0 spiro atoms. The smallest absolute Gasteiger partial charge is 0.319 e. The highest BCUT2D eigenvalue weighted by Crippen LogP contribution is 2.18. The molecule has 0 aliphatic heterocycles. The molecule has 0 amide bonds. The standard InChI is InChI=1S/C11H13ClN4O/c1-11(2,13)9-14-15-10(17)16(9)8-5-3-4-7(12)6-8/h3-6H,13H2,1-2H3,(H,15,17). The van der Waals surface area contributed by atoms with Crippen LogP contribution in [0, 0.1) is 0 Å². The van der Waals surface area contributed by atoms with E-state index in [1.165, 1.54) is 4.57 Å². The van der Waals surface area contributed by atoms with Gasteiger partial charge in [-0.25, -0.2) is 14.5 Å². The van der Waals surface area contributed by atoms with E-state index in [-0.39, 0.29) is 5.69 Å². The number of hydrogen-bond acceptors (Lipinski definition) is 3. The van der Waals surface area contributed by atoms with Gasteiger partial charge >= 0.3 is 5.69 Å². The van der Waals surface area contributed by atoms with Crippen molar-refractivity contribution in [2.45, 2.75) is 19.4 Å². The first-order valence-corrected chi connectivity index (χ1v) is 5.50. The number of rotatable bonds is 2. The fraction of sp³-hybridized carbons (Fsp3) is 0.273. The number of nitrogens with one attached hydrogen (secondary N) is 1. The van der Waals surface area contributed by atoms with E-state index in [0.717, 1.165) is 0 Å². The lowest BCUT2D eigenvalue weighted by molar-refractivity contribution is 0.502. The fourth-order valence-corrected chi connectivity index (χ4v) is 1.77. The van der Waals surface area contributed by atoms with Crippen LogP contribution in [0.15, 0.2) is 29.1 Å². The Morgan fingerprint density at radius 2 is 2.18 bits per heavy atom. The average Bonchev–Trinajstić information content (AvgIpc) is 2.59. The Kier molecular flexibility index (Phi) is 2.81. The summed E-state index contributed by atoms with van der Waals surface area (Å²) in [6.45, 7) is 3.56. The molecular formula is C11H13ClN4O. The van der Waals surface area contributed by atoms with Crippen LogP contribution < -0.4 is 11.4 Å². The monoisotopic (exact) mass is 252 g/mol. The van der Waals surface area contributed by atoms with Gasteiger partial charge in [-0.05, 0) is 32.0 Å². The number of halogens is 1. The second kappa shape index (κ2) is 4.01. The van der Waals surface area contributed by atoms with E-state index < -0.39 is 5.54 Å². The number of nitrogens with zero attached hydrogens (tertiary/aromatic N) is 2. The Labute approximate surface area is 103 Å². The molecule has 1 aromatic heterocycles. The van der Waals surface area contributed by atoms with E-state index in [4.69, 9.17) is 17.3 Å². The van der Waals surface area contributed by atoms with E-state index in [0.29, 0.717) is 16.5 Å². The van der Waals surface area contributed by atoms with Crippen LogP contribution in [0.5, 0.6) is 0 Å². The SMILES string of the molecule is CC(C)(N)c1n[nH]c(=O)n1-c1cccc(Cl)c1. The zero-order chi connectivity index (χ0) is 12.6. The zero-order valence-corrected chi connectivity index (χ0v) is 10.3. The molecule has 0 unspecified atom stereocenters. The normalized spacial score (nSPS) is 11.8. The minimum Gasteiger partial charge on any atom is -0.319 e. The summed E-state index contributed by atoms with van der Waals surface area (Å²) in [6, 6.07) is 6.97. The summed E-state index contributed by atoms with van der Waals surface area (Å²) in [5, 5.41) is 6.90. The van der Waals surface area contributed by atoms with Crippen molar-refractivity contribution < 1.29 is 0 Å². The minimum absolute atomic E-state index is 0.333. The van der Waals surface area contributed by atoms with Gasteiger partial charge in [0.05, 0.1) is 11.2 Å². The molecule has 90 valence electrons. The van der Waals surface area contributed by atoms with E-state index in [2.05, 4.69) is 10.2 Å². The van der Waals surface area contributed by atoms with Crippen LogP contribution in [-0.2, 0) is 5.54 Å². The summed E-state index contributed by atoms with van der Waals surface area (Å²) in [5.41, 5.74) is 5.56. The molecule has 0 saturated carbocycles. The molecule has 0 atom stereocenters. The molecule has 0 fully saturated rings. The number of aromatic amines is 1. The van der Waals surface area contributed by atoms with E-state index >= 15 is 0 Å². The third-order valence-electron chi connectivity index (χ3n) is 2.32. The maximum Gasteiger partial charge on any atom is 0.347 e. The molecule has 0 radical (unpaired) electrons. The first-order valence-electron chi connectivity index (χ1n) is 5.12. The quantitative estimate of drug-likeness (QED) is 0.848. The third-order valence-corrected chi connectivity index (χ3v) is 2.55. The second-order valence-corrected chi connectivity index (χ2v) is 4.83. The fourth-order valence-electron chi connectivity index (χ4n) is 1.58. The first kappa shape index (κ1) is 11.9. The van der Waals surface area contributed by atoms with Crippen LogP contribution >= 0.6 is 11.6 Å². The van der Waals surface area contributed by atoms with E-state index in [1.54, 1.807) is 38.1 Å². The zero-order valence-electron chi connectivity index (χ0n) is 9.57. The van der Waals surface area contributed by atoms with Crippen molar-refractivity contribution in [3.05, 3.63) is 45.6 Å². The summed E-state index contributed by atoms with van der Waals surface area (Å²) < 4.78 is 1.42. The van der Waals surface area contributed by atoms with Crippen molar-refractivity contribution in [3.8, 4) is 5.69 Å². The van der Waals surface area contributed by atoms with E-state index in [1.807, 2.05) is 0 Å². The lowest BCUT2D eigenvalue weighted by Gasteiger charge is -2.18. The Balaban J connectivity index is 2.67. The van der Waals surface area contributed by atoms with Gasteiger partial charge < -0.3 is 5.73 Å². The van der Waals surface area contributed by atoms with Crippen molar-refractivity contribution in [1.82, 2.24) is 14.8 Å². The van der Waals surface area contributed by atoms with Crippen LogP contribution in [0.25, 0.3) is 5.69 Å². The molecule has 1 aromatic carbocycles. The third kappa shape index (κ3) is 2.25. The van der Waals surface area contributed by atoms with E-state index in [9.17, 15) is 4.79 Å². The van der Waals surface area contributed by atoms with Gasteiger partial charge in [0.1, 0.15) is 0 Å². The second-order valence-electron chi connectivity index (χ2n) is 4.39. The van der Waals surface area contributed by atoms with Crippen LogP contribution in [-0.4, -0.2) is 14.8 Å². The van der Waals surface area contributed by atoms with Crippen molar-refractivity contribution in [2.75, 3.05) is 0 Å². The summed E-state index contributed by atoms with van der Waals surface area (Å²) in [6.07, 6.45) is 0. The molecule has 17 heavy (non-hydrogen) atoms. The van der Waals surface area contributed by atoms with Crippen molar-refractivity contribution >= 4 is 11.6 Å². The molecule has 2 rings (SSSR count). The molecule has 0 aliphatic carbocycles. The van der Waals surface area contributed by atoms with Crippen LogP contribution in [0.2, 0.25) is 5.02 Å². The van der Waals surface area contributed by atoms with Gasteiger partial charge in [-0.1, -0.05) is 17.7 Å². The first-order chi connectivity index (χ1) is 7.89. The molecule has 0 bridgehead atoms. The van der Waals surface area contributed by atoms with Crippen LogP contribution in [0.1, 0.15) is 19.7 Å². The molecule has 0 saturated heterocycles. The van der Waals surface area contributed by atoms with Gasteiger partial charge in [-0.3, -0.25) is 0 Å². The molecule has 5 nitrogen and oxygen atoms in total. The Morgan fingerprint density at radius 1 is 1.47 bits per heavy atom. The topological polar surface area (TPSA) is 76.7 Å². The van der Waals surface area contributed by atoms with Crippen LogP contribution in [0.4, 0.5) is 0 Å². The Bertz CT molecular complexity index is 594. The Hall–Kier alpha value is -1.59. The highest BCUT2D eigenvalue weighted by atomic mass is 35.5. The highest BCUT2D eigenvalue weighted by Gasteiger charge is 2.23. The van der Waals surface area contributed by atoms with Gasteiger partial charge in [0.25, 0.3) is 0 Å². The molecule has 3 N–H and O–H groups in total. The largest absolute Gasteiger partial charge is 0.347 e. The number of hydrogen-bond donors (Lipinski definition) is 2. The van der Waals surface area contributed by atoms with Crippen LogP contribution in [0.3, 0.4) is 0 Å². The molecule has 2 aromatic rings. The van der Waals surface area contributed by atoms with Gasteiger partial charge in [0.15, 0.2) is 5.82 Å². The van der Waals surface area contributed by atoms with Gasteiger partial charge in [-0.2, -0.15) is 5.10 Å². The van der Waals surface area contributed by atoms with Gasteiger partial charge in [0, 0.05) is 5.02 Å². The van der Waals surface area contributed by atoms with Gasteiger partial charge in [0.2, 0.25) is 0 Å². The summed E-state index contributed by atoms with van der Waals surface area (Å²) in [4.78, 5) is 11.7. The van der Waals surface area contributed by atoms with Crippen molar-refractivity contribution in [1.29, 1.82) is 0 Å². The predicted molar refractivity (Wildman–Crippen MR) is 66.4 cm³/mol. The Morgan fingerprint density at radius 3 is 2.76 bits per heavy atom. The lowest BCUT2D eigenvalue weighted by Crippen LogP contribution is -2.34. The number of benzene rings is 1. The summed E-state index contributed by atoms with van der Waals surface area (Å²) in [5.74, 6) is 0.463. The summed E-state index contributed by atoms with van der Waals surface area (Å²) >= 11 is 5.90. The minimum atomic E-state index is -0.721. The molecular weight excluding hydrogens is 240 g/mol. The maximum atomic E-state index is 11.7. The lowest BCUT2D eigenvalue weighted by atomic mass is 10.1. The average molecular weight is 253 g/mol. The van der Waals surface area contributed by atoms with Crippen molar-refractivity contribution in [2.24, 2.45) is 5.73 Å². The molecule has 0 aliphatic rings. The summed E-state index contributed by atoms with van der Waals surface area (Å²) in [7, 11) is 0. The molecule has 6 heteroatoms. The number of H-pyrrole nitrogens is 1. The number of nitrogens with two attached hydrogens (primary N) is 1. The van der Waals surface area contributed by atoms with Gasteiger partial charge in [-0.15, -0.1) is 0 Å². The molecule has 1 heterocycles. The van der Waals surface area contributed by atoms with Crippen molar-refractivity contribution in [3.63, 3.8) is 0 Å². The predicted octanol–water partition coefficient (Wildman–Crippen LogP) is 1.41. The maximum absolute atomic E-state index is 11.7. The highest BCUT2D eigenvalue weighted by molar-refractivity contribution is 6.30.